The zero-order valence-corrected chi connectivity index (χ0v) is 8.70. The number of anilines is 1. The van der Waals surface area contributed by atoms with Gasteiger partial charge < -0.3 is 15.9 Å². The Balaban J connectivity index is 2.99. The van der Waals surface area contributed by atoms with Crippen molar-refractivity contribution in [2.24, 2.45) is 0 Å². The van der Waals surface area contributed by atoms with Crippen molar-refractivity contribution in [2.45, 2.75) is 12.2 Å². The highest BCUT2D eigenvalue weighted by Gasteiger charge is 2.21. The number of hydrogen-bond donors (Lipinski definition) is 3. The van der Waals surface area contributed by atoms with Crippen LogP contribution < -0.4 is 5.73 Å². The molecule has 1 aromatic rings. The molecule has 4 N–H and O–H groups in total. The summed E-state index contributed by atoms with van der Waals surface area (Å²) in [5.41, 5.74) is 5.96. The Labute approximate surface area is 91.3 Å². The van der Waals surface area contributed by atoms with Crippen LogP contribution in [0.3, 0.4) is 0 Å². The lowest BCUT2D eigenvalue weighted by Crippen LogP contribution is -2.21. The average Bonchev–Trinajstić information content (AvgIpc) is 2.19. The number of rotatable bonds is 3. The summed E-state index contributed by atoms with van der Waals surface area (Å²) in [7, 11) is 0. The molecule has 0 aromatic carbocycles. The Morgan fingerprint density at radius 3 is 2.64 bits per heavy atom. The standard InChI is InChI=1S/C8H10Cl2N2O2/c9-3-5(13)8(14)7-4(11)1-2-6(10)12-7/h1-2,5,8,13-14H,3,11H2. The lowest BCUT2D eigenvalue weighted by molar-refractivity contribution is 0.0305. The largest absolute Gasteiger partial charge is 0.397 e. The first-order chi connectivity index (χ1) is 6.56. The third-order valence-electron chi connectivity index (χ3n) is 1.73. The fraction of sp³-hybridized carbons (Fsp3) is 0.375. The van der Waals surface area contributed by atoms with Crippen LogP contribution in [0.25, 0.3) is 0 Å². The van der Waals surface area contributed by atoms with Crippen LogP contribution >= 0.6 is 23.2 Å². The van der Waals surface area contributed by atoms with Crippen LogP contribution in [0.2, 0.25) is 5.15 Å². The third kappa shape index (κ3) is 2.48. The van der Waals surface area contributed by atoms with Crippen molar-refractivity contribution in [1.82, 2.24) is 4.98 Å². The minimum Gasteiger partial charge on any atom is -0.397 e. The summed E-state index contributed by atoms with van der Waals surface area (Å²) in [6.45, 7) is 0. The molecule has 1 heterocycles. The number of halogens is 2. The molecule has 0 saturated carbocycles. The lowest BCUT2D eigenvalue weighted by atomic mass is 10.1. The van der Waals surface area contributed by atoms with Crippen LogP contribution in [0.4, 0.5) is 5.69 Å². The number of alkyl halides is 1. The molecule has 0 amide bonds. The first-order valence-electron chi connectivity index (χ1n) is 3.90. The van der Waals surface area contributed by atoms with E-state index in [0.717, 1.165) is 0 Å². The molecule has 14 heavy (non-hydrogen) atoms. The molecule has 2 atom stereocenters. The molecule has 0 spiro atoms. The molecule has 0 saturated heterocycles. The fourth-order valence-corrected chi connectivity index (χ4v) is 1.29. The van der Waals surface area contributed by atoms with Crippen LogP contribution in [0.5, 0.6) is 0 Å². The van der Waals surface area contributed by atoms with E-state index < -0.39 is 12.2 Å². The van der Waals surface area contributed by atoms with Crippen LogP contribution in [-0.2, 0) is 0 Å². The molecule has 0 fully saturated rings. The predicted molar refractivity (Wildman–Crippen MR) is 55.3 cm³/mol. The van der Waals surface area contributed by atoms with Gasteiger partial charge in [-0.25, -0.2) is 4.98 Å². The van der Waals surface area contributed by atoms with Crippen LogP contribution in [-0.4, -0.2) is 27.2 Å². The van der Waals surface area contributed by atoms with Gasteiger partial charge >= 0.3 is 0 Å². The van der Waals surface area contributed by atoms with E-state index in [1.54, 1.807) is 0 Å². The number of nitrogens with two attached hydrogens (primary N) is 1. The number of aromatic nitrogens is 1. The Morgan fingerprint density at radius 1 is 1.43 bits per heavy atom. The second-order valence-corrected chi connectivity index (χ2v) is 3.47. The number of aliphatic hydroxyl groups is 2. The number of nitrogen functional groups attached to an aromatic ring is 1. The zero-order chi connectivity index (χ0) is 10.7. The van der Waals surface area contributed by atoms with Crippen molar-refractivity contribution < 1.29 is 10.2 Å². The Hall–Kier alpha value is -0.550. The van der Waals surface area contributed by atoms with E-state index >= 15 is 0 Å². The zero-order valence-electron chi connectivity index (χ0n) is 7.19. The summed E-state index contributed by atoms with van der Waals surface area (Å²) >= 11 is 11.0. The maximum atomic E-state index is 9.56. The molecule has 0 aliphatic rings. The Bertz CT molecular complexity index is 322. The minimum absolute atomic E-state index is 0.102. The van der Waals surface area contributed by atoms with E-state index in [1.807, 2.05) is 0 Å². The highest BCUT2D eigenvalue weighted by molar-refractivity contribution is 6.29. The van der Waals surface area contributed by atoms with Gasteiger partial charge in [0.15, 0.2) is 0 Å². The molecule has 0 radical (unpaired) electrons. The number of aliphatic hydroxyl groups excluding tert-OH is 2. The second-order valence-electron chi connectivity index (χ2n) is 2.77. The molecule has 1 aromatic heterocycles. The van der Waals surface area contributed by atoms with Crippen molar-refractivity contribution in [2.75, 3.05) is 11.6 Å². The Morgan fingerprint density at radius 2 is 2.07 bits per heavy atom. The van der Waals surface area contributed by atoms with Crippen molar-refractivity contribution in [3.63, 3.8) is 0 Å². The van der Waals surface area contributed by atoms with Crippen LogP contribution in [0, 0.1) is 0 Å². The molecule has 0 bridgehead atoms. The molecule has 0 aliphatic carbocycles. The summed E-state index contributed by atoms with van der Waals surface area (Å²) in [6.07, 6.45) is -2.32. The van der Waals surface area contributed by atoms with Crippen molar-refractivity contribution in [3.05, 3.63) is 23.0 Å². The molecule has 2 unspecified atom stereocenters. The van der Waals surface area contributed by atoms with Crippen molar-refractivity contribution in [1.29, 1.82) is 0 Å². The predicted octanol–water partition coefficient (Wildman–Crippen LogP) is 0.950. The molecular formula is C8H10Cl2N2O2. The highest BCUT2D eigenvalue weighted by Crippen LogP contribution is 2.23. The maximum absolute atomic E-state index is 9.56. The molecule has 6 heteroatoms. The van der Waals surface area contributed by atoms with Gasteiger partial charge in [-0.2, -0.15) is 0 Å². The van der Waals surface area contributed by atoms with Gasteiger partial charge in [-0.3, -0.25) is 0 Å². The van der Waals surface area contributed by atoms with E-state index in [2.05, 4.69) is 4.98 Å². The SMILES string of the molecule is Nc1ccc(Cl)nc1C(O)C(O)CCl. The summed E-state index contributed by atoms with van der Waals surface area (Å²) in [4.78, 5) is 3.81. The van der Waals surface area contributed by atoms with Gasteiger partial charge in [-0.05, 0) is 12.1 Å². The normalized spacial score (nSPS) is 15.1. The smallest absolute Gasteiger partial charge is 0.129 e. The van der Waals surface area contributed by atoms with E-state index in [4.69, 9.17) is 28.9 Å². The van der Waals surface area contributed by atoms with Crippen LogP contribution in [0.15, 0.2) is 12.1 Å². The number of hydrogen-bond acceptors (Lipinski definition) is 4. The molecule has 0 aliphatic heterocycles. The topological polar surface area (TPSA) is 79.4 Å². The quantitative estimate of drug-likeness (QED) is 0.540. The highest BCUT2D eigenvalue weighted by atomic mass is 35.5. The lowest BCUT2D eigenvalue weighted by Gasteiger charge is -2.16. The Kier molecular flexibility index (Phi) is 3.95. The first kappa shape index (κ1) is 11.5. The van der Waals surface area contributed by atoms with E-state index in [-0.39, 0.29) is 22.4 Å². The summed E-state index contributed by atoms with van der Waals surface area (Å²) in [5, 5.41) is 19.0. The molecule has 78 valence electrons. The number of pyridine rings is 1. The van der Waals surface area contributed by atoms with E-state index in [9.17, 15) is 10.2 Å². The van der Waals surface area contributed by atoms with Gasteiger partial charge in [-0.1, -0.05) is 11.6 Å². The van der Waals surface area contributed by atoms with Crippen molar-refractivity contribution in [3.8, 4) is 0 Å². The van der Waals surface area contributed by atoms with Crippen molar-refractivity contribution >= 4 is 28.9 Å². The molecular weight excluding hydrogens is 227 g/mol. The summed E-state index contributed by atoms with van der Waals surface area (Å²) in [6, 6.07) is 3.01. The molecule has 4 nitrogen and oxygen atoms in total. The van der Waals surface area contributed by atoms with Gasteiger partial charge in [-0.15, -0.1) is 11.6 Å². The summed E-state index contributed by atoms with van der Waals surface area (Å²) < 4.78 is 0. The monoisotopic (exact) mass is 236 g/mol. The van der Waals surface area contributed by atoms with E-state index in [1.165, 1.54) is 12.1 Å². The summed E-state index contributed by atoms with van der Waals surface area (Å²) in [5.74, 6) is -0.102. The minimum atomic E-state index is -1.22. The van der Waals surface area contributed by atoms with E-state index in [0.29, 0.717) is 0 Å². The van der Waals surface area contributed by atoms with Gasteiger partial charge in [0.2, 0.25) is 0 Å². The first-order valence-corrected chi connectivity index (χ1v) is 4.81. The maximum Gasteiger partial charge on any atom is 0.129 e. The van der Waals surface area contributed by atoms with Gasteiger partial charge in [0.25, 0.3) is 0 Å². The van der Waals surface area contributed by atoms with Gasteiger partial charge in [0.05, 0.1) is 23.4 Å². The second kappa shape index (κ2) is 4.79. The van der Waals surface area contributed by atoms with Gasteiger partial charge in [0.1, 0.15) is 11.3 Å². The number of nitrogens with zero attached hydrogens (tertiary/aromatic N) is 1. The average molecular weight is 237 g/mol. The molecule has 1 rings (SSSR count). The third-order valence-corrected chi connectivity index (χ3v) is 2.25. The van der Waals surface area contributed by atoms with Gasteiger partial charge in [0, 0.05) is 0 Å². The van der Waals surface area contributed by atoms with Crippen LogP contribution in [0.1, 0.15) is 11.8 Å². The fourth-order valence-electron chi connectivity index (χ4n) is 0.964.